The lowest BCUT2D eigenvalue weighted by atomic mass is 10.2. The SMILES string of the molecule is O=C(O)c1cnc(C(F)F)cc1Cl. The summed E-state index contributed by atoms with van der Waals surface area (Å²) in [6, 6.07) is 0.843. The van der Waals surface area contributed by atoms with Crippen LogP contribution in [0.15, 0.2) is 12.3 Å². The summed E-state index contributed by atoms with van der Waals surface area (Å²) < 4.78 is 24.0. The van der Waals surface area contributed by atoms with E-state index in [0.717, 1.165) is 12.3 Å². The number of alkyl halides is 2. The molecule has 0 saturated carbocycles. The van der Waals surface area contributed by atoms with Gasteiger partial charge < -0.3 is 5.11 Å². The summed E-state index contributed by atoms with van der Waals surface area (Å²) in [4.78, 5) is 13.6. The van der Waals surface area contributed by atoms with Crippen molar-refractivity contribution in [3.05, 3.63) is 28.5 Å². The van der Waals surface area contributed by atoms with Crippen molar-refractivity contribution < 1.29 is 18.7 Å². The average molecular weight is 208 g/mol. The summed E-state index contributed by atoms with van der Waals surface area (Å²) in [6.07, 6.45) is -1.94. The van der Waals surface area contributed by atoms with E-state index in [0.29, 0.717) is 0 Å². The zero-order valence-electron chi connectivity index (χ0n) is 6.17. The third-order valence-corrected chi connectivity index (χ3v) is 1.64. The lowest BCUT2D eigenvalue weighted by molar-refractivity contribution is 0.0696. The van der Waals surface area contributed by atoms with Gasteiger partial charge in [0.05, 0.1) is 10.6 Å². The van der Waals surface area contributed by atoms with Crippen molar-refractivity contribution in [2.45, 2.75) is 6.43 Å². The number of carboxylic acid groups (broad SMARTS) is 1. The average Bonchev–Trinajstić information content (AvgIpc) is 2.03. The second-order valence-electron chi connectivity index (χ2n) is 2.19. The van der Waals surface area contributed by atoms with Gasteiger partial charge in [0.2, 0.25) is 0 Å². The highest BCUT2D eigenvalue weighted by Gasteiger charge is 2.14. The van der Waals surface area contributed by atoms with Crippen LogP contribution in [0.4, 0.5) is 8.78 Å². The van der Waals surface area contributed by atoms with Crippen LogP contribution in [0.2, 0.25) is 5.02 Å². The van der Waals surface area contributed by atoms with Crippen LogP contribution in [0, 0.1) is 0 Å². The van der Waals surface area contributed by atoms with Crippen LogP contribution in [0.3, 0.4) is 0 Å². The van der Waals surface area contributed by atoms with Crippen LogP contribution >= 0.6 is 11.6 Å². The van der Waals surface area contributed by atoms with E-state index in [9.17, 15) is 13.6 Å². The minimum Gasteiger partial charge on any atom is -0.478 e. The van der Waals surface area contributed by atoms with Gasteiger partial charge in [0, 0.05) is 6.20 Å². The highest BCUT2D eigenvalue weighted by atomic mass is 35.5. The molecule has 13 heavy (non-hydrogen) atoms. The molecule has 1 aromatic rings. The maximum Gasteiger partial charge on any atom is 0.338 e. The first kappa shape index (κ1) is 9.85. The monoisotopic (exact) mass is 207 g/mol. The van der Waals surface area contributed by atoms with Crippen molar-refractivity contribution in [3.8, 4) is 0 Å². The summed E-state index contributed by atoms with van der Waals surface area (Å²) in [6.45, 7) is 0. The van der Waals surface area contributed by atoms with E-state index < -0.39 is 18.1 Å². The van der Waals surface area contributed by atoms with Crippen molar-refractivity contribution in [2.24, 2.45) is 0 Å². The Labute approximate surface area is 77.0 Å². The molecule has 0 unspecified atom stereocenters. The van der Waals surface area contributed by atoms with Gasteiger partial charge in [0.1, 0.15) is 5.69 Å². The summed E-state index contributed by atoms with van der Waals surface area (Å²) in [5.74, 6) is -1.29. The Balaban J connectivity index is 3.13. The molecule has 0 aliphatic heterocycles. The summed E-state index contributed by atoms with van der Waals surface area (Å²) >= 11 is 5.41. The Bertz CT molecular complexity index is 343. The minimum absolute atomic E-state index is 0.238. The molecule has 6 heteroatoms. The molecule has 0 saturated heterocycles. The molecule has 0 aliphatic carbocycles. The van der Waals surface area contributed by atoms with Gasteiger partial charge in [-0.2, -0.15) is 0 Å². The predicted molar refractivity (Wildman–Crippen MR) is 41.2 cm³/mol. The van der Waals surface area contributed by atoms with Gasteiger partial charge in [-0.25, -0.2) is 13.6 Å². The summed E-state index contributed by atoms with van der Waals surface area (Å²) in [5, 5.41) is 8.25. The van der Waals surface area contributed by atoms with E-state index in [4.69, 9.17) is 16.7 Å². The first-order valence-corrected chi connectivity index (χ1v) is 3.57. The summed E-state index contributed by atoms with van der Waals surface area (Å²) in [5.41, 5.74) is -0.818. The van der Waals surface area contributed by atoms with Crippen molar-refractivity contribution in [2.75, 3.05) is 0 Å². The van der Waals surface area contributed by atoms with E-state index in [2.05, 4.69) is 4.98 Å². The van der Waals surface area contributed by atoms with Crippen molar-refractivity contribution in [1.82, 2.24) is 4.98 Å². The molecule has 3 nitrogen and oxygen atoms in total. The van der Waals surface area contributed by atoms with Crippen LogP contribution in [0.25, 0.3) is 0 Å². The predicted octanol–water partition coefficient (Wildman–Crippen LogP) is 2.37. The van der Waals surface area contributed by atoms with E-state index in [1.165, 1.54) is 0 Å². The minimum atomic E-state index is -2.75. The topological polar surface area (TPSA) is 50.2 Å². The second-order valence-corrected chi connectivity index (χ2v) is 2.60. The lowest BCUT2D eigenvalue weighted by Crippen LogP contribution is -2.00. The van der Waals surface area contributed by atoms with Crippen LogP contribution in [0.1, 0.15) is 22.5 Å². The number of carbonyl (C=O) groups is 1. The molecule has 70 valence electrons. The van der Waals surface area contributed by atoms with Crippen molar-refractivity contribution in [1.29, 1.82) is 0 Å². The van der Waals surface area contributed by atoms with Crippen LogP contribution < -0.4 is 0 Å². The fourth-order valence-electron chi connectivity index (χ4n) is 0.722. The number of nitrogens with zero attached hydrogens (tertiary/aromatic N) is 1. The normalized spacial score (nSPS) is 10.5. The zero-order valence-corrected chi connectivity index (χ0v) is 6.92. The van der Waals surface area contributed by atoms with Gasteiger partial charge >= 0.3 is 5.97 Å². The van der Waals surface area contributed by atoms with Gasteiger partial charge in [0.15, 0.2) is 0 Å². The Hall–Kier alpha value is -1.23. The third kappa shape index (κ3) is 2.12. The number of carboxylic acids is 1. The second kappa shape index (κ2) is 3.66. The maximum atomic E-state index is 12.0. The van der Waals surface area contributed by atoms with Crippen LogP contribution in [-0.2, 0) is 0 Å². The van der Waals surface area contributed by atoms with Crippen molar-refractivity contribution >= 4 is 17.6 Å². The first-order chi connectivity index (χ1) is 6.02. The van der Waals surface area contributed by atoms with E-state index in [-0.39, 0.29) is 10.6 Å². The maximum absolute atomic E-state index is 12.0. The number of pyridine rings is 1. The van der Waals surface area contributed by atoms with Gasteiger partial charge in [0.25, 0.3) is 6.43 Å². The Morgan fingerprint density at radius 2 is 2.23 bits per heavy atom. The quantitative estimate of drug-likeness (QED) is 0.810. The lowest BCUT2D eigenvalue weighted by Gasteiger charge is -2.01. The molecule has 0 aromatic carbocycles. The number of rotatable bonds is 2. The highest BCUT2D eigenvalue weighted by Crippen LogP contribution is 2.22. The van der Waals surface area contributed by atoms with E-state index in [1.54, 1.807) is 0 Å². The molecule has 1 rings (SSSR count). The van der Waals surface area contributed by atoms with E-state index >= 15 is 0 Å². The fraction of sp³-hybridized carbons (Fsp3) is 0.143. The molecule has 0 aliphatic rings. The molecule has 0 atom stereocenters. The van der Waals surface area contributed by atoms with Gasteiger partial charge in [-0.1, -0.05) is 11.6 Å². The Kier molecular flexibility index (Phi) is 2.77. The Morgan fingerprint density at radius 3 is 2.62 bits per heavy atom. The zero-order chi connectivity index (χ0) is 10.0. The number of aromatic nitrogens is 1. The molecule has 1 N–H and O–H groups in total. The molecule has 0 radical (unpaired) electrons. The number of halogens is 3. The van der Waals surface area contributed by atoms with E-state index in [1.807, 2.05) is 0 Å². The first-order valence-electron chi connectivity index (χ1n) is 3.19. The van der Waals surface area contributed by atoms with Crippen molar-refractivity contribution in [3.63, 3.8) is 0 Å². The molecule has 1 aromatic heterocycles. The molecule has 0 spiro atoms. The molecular weight excluding hydrogens is 204 g/mol. The number of aromatic carboxylic acids is 1. The van der Waals surface area contributed by atoms with Gasteiger partial charge in [-0.05, 0) is 6.07 Å². The Morgan fingerprint density at radius 1 is 1.62 bits per heavy atom. The summed E-state index contributed by atoms with van der Waals surface area (Å²) in [7, 11) is 0. The third-order valence-electron chi connectivity index (χ3n) is 1.33. The number of hydrogen-bond acceptors (Lipinski definition) is 2. The molecule has 1 heterocycles. The largest absolute Gasteiger partial charge is 0.478 e. The van der Waals surface area contributed by atoms with Gasteiger partial charge in [-0.3, -0.25) is 4.98 Å². The molecular formula is C7H4ClF2NO2. The van der Waals surface area contributed by atoms with Crippen LogP contribution in [-0.4, -0.2) is 16.1 Å². The standard InChI is InChI=1S/C7H4ClF2NO2/c8-4-1-5(6(9)10)11-2-3(4)7(12)13/h1-2,6H,(H,12,13). The highest BCUT2D eigenvalue weighted by molar-refractivity contribution is 6.33. The fourth-order valence-corrected chi connectivity index (χ4v) is 0.964. The van der Waals surface area contributed by atoms with Gasteiger partial charge in [-0.15, -0.1) is 0 Å². The smallest absolute Gasteiger partial charge is 0.338 e. The molecule has 0 bridgehead atoms. The molecule has 0 amide bonds. The van der Waals surface area contributed by atoms with Crippen LogP contribution in [0.5, 0.6) is 0 Å². The number of hydrogen-bond donors (Lipinski definition) is 1. The molecule has 0 fully saturated rings.